The lowest BCUT2D eigenvalue weighted by atomic mass is 10.2. The Kier molecular flexibility index (Phi) is 4.77. The summed E-state index contributed by atoms with van der Waals surface area (Å²) in [5.41, 5.74) is 0. The van der Waals surface area contributed by atoms with E-state index in [0.717, 1.165) is 25.4 Å². The molecule has 0 saturated carbocycles. The summed E-state index contributed by atoms with van der Waals surface area (Å²) in [4.78, 5) is 16.1. The monoisotopic (exact) mass is 230 g/mol. The van der Waals surface area contributed by atoms with Gasteiger partial charge < -0.3 is 9.80 Å². The molecule has 0 radical (unpaired) electrons. The highest BCUT2D eigenvalue weighted by Crippen LogP contribution is 2.24. The van der Waals surface area contributed by atoms with Gasteiger partial charge in [-0.05, 0) is 20.8 Å². The molecule has 0 aliphatic carbocycles. The number of amides is 2. The molecule has 0 bridgehead atoms. The molecule has 3 nitrogen and oxygen atoms in total. The van der Waals surface area contributed by atoms with E-state index in [9.17, 15) is 4.79 Å². The van der Waals surface area contributed by atoms with Crippen LogP contribution in [-0.2, 0) is 0 Å². The minimum Gasteiger partial charge on any atom is -0.325 e. The summed E-state index contributed by atoms with van der Waals surface area (Å²) >= 11 is 1.96. The van der Waals surface area contributed by atoms with Gasteiger partial charge in [-0.3, -0.25) is 0 Å². The smallest absolute Gasteiger partial charge is 0.320 e. The molecule has 0 N–H and O–H groups in total. The Balaban J connectivity index is 2.65. The second-order valence-corrected chi connectivity index (χ2v) is 5.45. The summed E-state index contributed by atoms with van der Waals surface area (Å²) < 4.78 is 0. The number of carbonyl (C=O) groups is 1. The maximum atomic E-state index is 12.2. The molecule has 1 heterocycles. The first-order chi connectivity index (χ1) is 7.11. The van der Waals surface area contributed by atoms with Gasteiger partial charge in [0.2, 0.25) is 0 Å². The van der Waals surface area contributed by atoms with Crippen molar-refractivity contribution in [2.24, 2.45) is 0 Å². The second kappa shape index (κ2) is 5.64. The lowest BCUT2D eigenvalue weighted by Gasteiger charge is -2.39. The average molecular weight is 230 g/mol. The Morgan fingerprint density at radius 3 is 2.53 bits per heavy atom. The van der Waals surface area contributed by atoms with Crippen LogP contribution in [0, 0.1) is 0 Å². The third-order valence-corrected chi connectivity index (χ3v) is 4.50. The molecular weight excluding hydrogens is 208 g/mol. The lowest BCUT2D eigenvalue weighted by molar-refractivity contribution is 0.142. The first kappa shape index (κ1) is 12.7. The van der Waals surface area contributed by atoms with E-state index in [-0.39, 0.29) is 6.03 Å². The standard InChI is InChI=1S/C11H22N2OS/c1-5-12(6-2)11(14)13-7-8-15-10(4)9(13)3/h9-10H,5-8H2,1-4H3. The molecule has 4 heteroatoms. The number of urea groups is 1. The zero-order valence-corrected chi connectivity index (χ0v) is 11.0. The lowest BCUT2D eigenvalue weighted by Crippen LogP contribution is -2.53. The Morgan fingerprint density at radius 2 is 2.00 bits per heavy atom. The Labute approximate surface area is 97.2 Å². The van der Waals surface area contributed by atoms with Crippen LogP contribution < -0.4 is 0 Å². The molecule has 0 aromatic carbocycles. The number of nitrogens with zero attached hydrogens (tertiary/aromatic N) is 2. The Hall–Kier alpha value is -0.380. The first-order valence-electron chi connectivity index (χ1n) is 5.78. The van der Waals surface area contributed by atoms with Crippen molar-refractivity contribution in [3.8, 4) is 0 Å². The molecule has 15 heavy (non-hydrogen) atoms. The van der Waals surface area contributed by atoms with E-state index >= 15 is 0 Å². The van der Waals surface area contributed by atoms with Crippen molar-refractivity contribution in [1.82, 2.24) is 9.80 Å². The van der Waals surface area contributed by atoms with Gasteiger partial charge in [-0.25, -0.2) is 4.79 Å². The zero-order valence-electron chi connectivity index (χ0n) is 10.2. The zero-order chi connectivity index (χ0) is 11.4. The van der Waals surface area contributed by atoms with Crippen LogP contribution in [0.5, 0.6) is 0 Å². The minimum atomic E-state index is 0.208. The molecule has 1 rings (SSSR count). The van der Waals surface area contributed by atoms with Crippen molar-refractivity contribution < 1.29 is 4.79 Å². The maximum absolute atomic E-state index is 12.2. The van der Waals surface area contributed by atoms with Gasteiger partial charge in [0.1, 0.15) is 0 Å². The van der Waals surface area contributed by atoms with Crippen LogP contribution in [-0.4, -0.2) is 52.5 Å². The number of rotatable bonds is 2. The van der Waals surface area contributed by atoms with E-state index in [1.807, 2.05) is 35.4 Å². The van der Waals surface area contributed by atoms with Gasteiger partial charge in [0, 0.05) is 36.7 Å². The van der Waals surface area contributed by atoms with E-state index in [4.69, 9.17) is 0 Å². The number of thioether (sulfide) groups is 1. The molecular formula is C11H22N2OS. The fourth-order valence-corrected chi connectivity index (χ4v) is 2.98. The SMILES string of the molecule is CCN(CC)C(=O)N1CCSC(C)C1C. The summed E-state index contributed by atoms with van der Waals surface area (Å²) in [5.74, 6) is 1.07. The van der Waals surface area contributed by atoms with Crippen molar-refractivity contribution in [1.29, 1.82) is 0 Å². The van der Waals surface area contributed by atoms with Crippen LogP contribution in [0.15, 0.2) is 0 Å². The fraction of sp³-hybridized carbons (Fsp3) is 0.909. The van der Waals surface area contributed by atoms with E-state index in [0.29, 0.717) is 11.3 Å². The highest BCUT2D eigenvalue weighted by molar-refractivity contribution is 8.00. The van der Waals surface area contributed by atoms with Crippen LogP contribution >= 0.6 is 11.8 Å². The highest BCUT2D eigenvalue weighted by Gasteiger charge is 2.30. The third-order valence-electron chi connectivity index (χ3n) is 3.16. The molecule has 2 unspecified atom stereocenters. The van der Waals surface area contributed by atoms with Crippen molar-refractivity contribution in [2.45, 2.75) is 39.0 Å². The van der Waals surface area contributed by atoms with Crippen molar-refractivity contribution in [3.05, 3.63) is 0 Å². The molecule has 0 spiro atoms. The quantitative estimate of drug-likeness (QED) is 0.726. The van der Waals surface area contributed by atoms with Crippen LogP contribution in [0.2, 0.25) is 0 Å². The average Bonchev–Trinajstić information content (AvgIpc) is 2.23. The van der Waals surface area contributed by atoms with E-state index < -0.39 is 0 Å². The van der Waals surface area contributed by atoms with E-state index in [2.05, 4.69) is 13.8 Å². The Bertz CT molecular complexity index is 219. The van der Waals surface area contributed by atoms with Crippen LogP contribution in [0.25, 0.3) is 0 Å². The van der Waals surface area contributed by atoms with Gasteiger partial charge in [-0.1, -0.05) is 6.92 Å². The van der Waals surface area contributed by atoms with Gasteiger partial charge in [0.15, 0.2) is 0 Å². The summed E-state index contributed by atoms with van der Waals surface area (Å²) in [6, 6.07) is 0.566. The molecule has 1 saturated heterocycles. The predicted molar refractivity (Wildman–Crippen MR) is 66.4 cm³/mol. The Morgan fingerprint density at radius 1 is 1.40 bits per heavy atom. The normalized spacial score (nSPS) is 26.5. The van der Waals surface area contributed by atoms with Gasteiger partial charge >= 0.3 is 6.03 Å². The van der Waals surface area contributed by atoms with Crippen molar-refractivity contribution >= 4 is 17.8 Å². The number of hydrogen-bond donors (Lipinski definition) is 0. The van der Waals surface area contributed by atoms with Gasteiger partial charge in [-0.15, -0.1) is 0 Å². The summed E-state index contributed by atoms with van der Waals surface area (Å²) in [7, 11) is 0. The first-order valence-corrected chi connectivity index (χ1v) is 6.83. The molecule has 1 fully saturated rings. The molecule has 88 valence electrons. The van der Waals surface area contributed by atoms with E-state index in [1.54, 1.807) is 0 Å². The molecule has 2 atom stereocenters. The largest absolute Gasteiger partial charge is 0.325 e. The van der Waals surface area contributed by atoms with Gasteiger partial charge in [0.25, 0.3) is 0 Å². The van der Waals surface area contributed by atoms with E-state index in [1.165, 1.54) is 0 Å². The number of carbonyl (C=O) groups excluding carboxylic acids is 1. The topological polar surface area (TPSA) is 23.6 Å². The third kappa shape index (κ3) is 2.80. The summed E-state index contributed by atoms with van der Waals surface area (Å²) in [5, 5.41) is 0.554. The van der Waals surface area contributed by atoms with Crippen LogP contribution in [0.4, 0.5) is 4.79 Å². The summed E-state index contributed by atoms with van der Waals surface area (Å²) in [6.45, 7) is 10.9. The van der Waals surface area contributed by atoms with Gasteiger partial charge in [0.05, 0.1) is 0 Å². The van der Waals surface area contributed by atoms with Crippen LogP contribution in [0.3, 0.4) is 0 Å². The maximum Gasteiger partial charge on any atom is 0.320 e. The molecule has 0 aromatic rings. The molecule has 1 aliphatic heterocycles. The minimum absolute atomic E-state index is 0.208. The van der Waals surface area contributed by atoms with Crippen molar-refractivity contribution in [2.75, 3.05) is 25.4 Å². The number of hydrogen-bond acceptors (Lipinski definition) is 2. The second-order valence-electron chi connectivity index (χ2n) is 3.96. The highest BCUT2D eigenvalue weighted by atomic mass is 32.2. The molecule has 2 amide bonds. The van der Waals surface area contributed by atoms with Crippen molar-refractivity contribution in [3.63, 3.8) is 0 Å². The molecule has 1 aliphatic rings. The fourth-order valence-electron chi connectivity index (χ4n) is 1.88. The predicted octanol–water partition coefficient (Wildman–Crippen LogP) is 2.27. The summed E-state index contributed by atoms with van der Waals surface area (Å²) in [6.07, 6.45) is 0. The van der Waals surface area contributed by atoms with Crippen LogP contribution in [0.1, 0.15) is 27.7 Å². The molecule has 0 aromatic heterocycles. The van der Waals surface area contributed by atoms with Gasteiger partial charge in [-0.2, -0.15) is 11.8 Å².